The van der Waals surface area contributed by atoms with Crippen molar-refractivity contribution in [2.75, 3.05) is 0 Å². The van der Waals surface area contributed by atoms with Gasteiger partial charge in [0.25, 0.3) is 0 Å². The Kier molecular flexibility index (Phi) is 5.11. The van der Waals surface area contributed by atoms with E-state index < -0.39 is 0 Å². The van der Waals surface area contributed by atoms with Crippen molar-refractivity contribution in [3.05, 3.63) is 29.8 Å². The number of aromatic hydroxyl groups is 1. The van der Waals surface area contributed by atoms with E-state index in [0.29, 0.717) is 5.75 Å². The summed E-state index contributed by atoms with van der Waals surface area (Å²) >= 11 is 0. The quantitative estimate of drug-likeness (QED) is 0.553. The third-order valence-electron chi connectivity index (χ3n) is 1.48. The van der Waals surface area contributed by atoms with Crippen LogP contribution in [0.25, 0.3) is 0 Å². The predicted molar refractivity (Wildman–Crippen MR) is 43.2 cm³/mol. The second-order valence-electron chi connectivity index (χ2n) is 2.42. The Morgan fingerprint density at radius 1 is 1.27 bits per heavy atom. The van der Waals surface area contributed by atoms with Crippen LogP contribution < -0.4 is 18.9 Å². The molecule has 1 nitrogen and oxygen atoms in total. The Bertz CT molecular complexity index is 198. The molecule has 0 aliphatic carbocycles. The topological polar surface area (TPSA) is 20.2 Å². The minimum Gasteiger partial charge on any atom is -1.00 e. The van der Waals surface area contributed by atoms with Gasteiger partial charge in [0, 0.05) is 0 Å². The Labute approximate surface area is 81.1 Å². The second kappa shape index (κ2) is 5.29. The third kappa shape index (κ3) is 3.51. The average molecular weight is 144 g/mol. The standard InChI is InChI=1S/C9H12O.Li.H/c1-2-3-8-4-6-9(10)7-5-8;;/h4-7,10H,2-3H2,1H3;;/q;+1;-1. The molecule has 1 rings (SSSR count). The number of hydrogen-bond acceptors (Lipinski definition) is 1. The molecule has 2 heteroatoms. The fraction of sp³-hybridized carbons (Fsp3) is 0.333. The molecule has 56 valence electrons. The van der Waals surface area contributed by atoms with E-state index >= 15 is 0 Å². The van der Waals surface area contributed by atoms with Crippen molar-refractivity contribution in [1.29, 1.82) is 0 Å². The van der Waals surface area contributed by atoms with Gasteiger partial charge in [-0.25, -0.2) is 0 Å². The summed E-state index contributed by atoms with van der Waals surface area (Å²) < 4.78 is 0. The van der Waals surface area contributed by atoms with Crippen molar-refractivity contribution in [3.8, 4) is 5.75 Å². The molecule has 0 unspecified atom stereocenters. The van der Waals surface area contributed by atoms with E-state index in [9.17, 15) is 0 Å². The summed E-state index contributed by atoms with van der Waals surface area (Å²) in [5, 5.41) is 8.92. The number of phenolic OH excluding ortho intramolecular Hbond substituents is 1. The Hall–Kier alpha value is -0.383. The van der Waals surface area contributed by atoms with E-state index in [-0.39, 0.29) is 20.3 Å². The maximum absolute atomic E-state index is 8.92. The van der Waals surface area contributed by atoms with Crippen LogP contribution in [0.1, 0.15) is 20.3 Å². The van der Waals surface area contributed by atoms with Gasteiger partial charge < -0.3 is 6.53 Å². The van der Waals surface area contributed by atoms with Crippen LogP contribution in [0, 0.1) is 0 Å². The van der Waals surface area contributed by atoms with E-state index in [1.807, 2.05) is 12.1 Å². The summed E-state index contributed by atoms with van der Waals surface area (Å²) in [6, 6.07) is 7.37. The largest absolute Gasteiger partial charge is 1.00 e. The zero-order valence-corrected chi connectivity index (χ0v) is 7.17. The molecule has 0 heterocycles. The second-order valence-corrected chi connectivity index (χ2v) is 2.42. The first-order valence-electron chi connectivity index (χ1n) is 3.61. The molecule has 0 atom stereocenters. The average Bonchev–Trinajstić information content (AvgIpc) is 1.95. The van der Waals surface area contributed by atoms with Crippen molar-refractivity contribution in [3.63, 3.8) is 0 Å². The maximum Gasteiger partial charge on any atom is 1.00 e. The van der Waals surface area contributed by atoms with Crippen molar-refractivity contribution in [1.82, 2.24) is 0 Å². The van der Waals surface area contributed by atoms with Gasteiger partial charge in [0.2, 0.25) is 0 Å². The van der Waals surface area contributed by atoms with Crippen LogP contribution in [0.2, 0.25) is 0 Å². The number of benzene rings is 1. The molecule has 0 fully saturated rings. The molecule has 11 heavy (non-hydrogen) atoms. The van der Waals surface area contributed by atoms with Gasteiger partial charge >= 0.3 is 18.9 Å². The molecular formula is C9H13LiO. The summed E-state index contributed by atoms with van der Waals surface area (Å²) in [6.07, 6.45) is 2.26. The first kappa shape index (κ1) is 10.6. The number of hydrogen-bond donors (Lipinski definition) is 1. The molecule has 0 aromatic heterocycles. The predicted octanol–water partition coefficient (Wildman–Crippen LogP) is -0.539. The minimum absolute atomic E-state index is 0. The molecule has 1 N–H and O–H groups in total. The van der Waals surface area contributed by atoms with Gasteiger partial charge in [0.1, 0.15) is 5.75 Å². The zero-order chi connectivity index (χ0) is 7.40. The summed E-state index contributed by atoms with van der Waals surface area (Å²) in [5.41, 5.74) is 1.29. The maximum atomic E-state index is 8.92. The normalized spacial score (nSPS) is 8.82. The third-order valence-corrected chi connectivity index (χ3v) is 1.48. The first-order valence-corrected chi connectivity index (χ1v) is 3.61. The van der Waals surface area contributed by atoms with E-state index in [2.05, 4.69) is 6.92 Å². The molecule has 0 radical (unpaired) electrons. The van der Waals surface area contributed by atoms with Gasteiger partial charge in [0.05, 0.1) is 0 Å². The van der Waals surface area contributed by atoms with E-state index in [1.165, 1.54) is 5.56 Å². The molecule has 0 spiro atoms. The molecule has 0 saturated heterocycles. The van der Waals surface area contributed by atoms with E-state index in [0.717, 1.165) is 12.8 Å². The Balaban J connectivity index is 0. The van der Waals surface area contributed by atoms with Crippen LogP contribution in [0.5, 0.6) is 5.75 Å². The van der Waals surface area contributed by atoms with Gasteiger partial charge in [-0.1, -0.05) is 25.5 Å². The fourth-order valence-corrected chi connectivity index (χ4v) is 0.951. The van der Waals surface area contributed by atoms with Crippen molar-refractivity contribution in [2.24, 2.45) is 0 Å². The molecule has 0 bridgehead atoms. The van der Waals surface area contributed by atoms with Gasteiger partial charge in [-0.05, 0) is 24.1 Å². The van der Waals surface area contributed by atoms with Crippen molar-refractivity contribution in [2.45, 2.75) is 19.8 Å². The summed E-state index contributed by atoms with van der Waals surface area (Å²) in [6.45, 7) is 2.15. The fourth-order valence-electron chi connectivity index (χ4n) is 0.951. The first-order chi connectivity index (χ1) is 4.83. The van der Waals surface area contributed by atoms with Gasteiger partial charge in [0.15, 0.2) is 0 Å². The van der Waals surface area contributed by atoms with Crippen LogP contribution in [-0.4, -0.2) is 5.11 Å². The van der Waals surface area contributed by atoms with Crippen LogP contribution in [0.3, 0.4) is 0 Å². The van der Waals surface area contributed by atoms with Gasteiger partial charge in [-0.15, -0.1) is 0 Å². The smallest absolute Gasteiger partial charge is 1.00 e. The van der Waals surface area contributed by atoms with Crippen molar-refractivity contribution < 1.29 is 25.4 Å². The number of rotatable bonds is 2. The summed E-state index contributed by atoms with van der Waals surface area (Å²) in [5.74, 6) is 0.347. The van der Waals surface area contributed by atoms with E-state index in [4.69, 9.17) is 5.11 Å². The Morgan fingerprint density at radius 2 is 1.82 bits per heavy atom. The van der Waals surface area contributed by atoms with Crippen LogP contribution in [0.4, 0.5) is 0 Å². The SMILES string of the molecule is CCCc1ccc(O)cc1.[H-].[Li+]. The van der Waals surface area contributed by atoms with Crippen molar-refractivity contribution >= 4 is 0 Å². The minimum atomic E-state index is 0. The molecule has 0 saturated carbocycles. The molecular weight excluding hydrogens is 131 g/mol. The van der Waals surface area contributed by atoms with Gasteiger partial charge in [-0.2, -0.15) is 0 Å². The van der Waals surface area contributed by atoms with Crippen LogP contribution in [-0.2, 0) is 6.42 Å². The number of phenols is 1. The van der Waals surface area contributed by atoms with Crippen LogP contribution in [0.15, 0.2) is 24.3 Å². The van der Waals surface area contributed by atoms with E-state index in [1.54, 1.807) is 12.1 Å². The summed E-state index contributed by atoms with van der Waals surface area (Å²) in [7, 11) is 0. The summed E-state index contributed by atoms with van der Waals surface area (Å²) in [4.78, 5) is 0. The molecule has 0 aliphatic rings. The monoisotopic (exact) mass is 144 g/mol. The molecule has 1 aromatic carbocycles. The van der Waals surface area contributed by atoms with Gasteiger partial charge in [-0.3, -0.25) is 0 Å². The number of aryl methyl sites for hydroxylation is 1. The molecule has 0 amide bonds. The molecule has 1 aromatic rings. The van der Waals surface area contributed by atoms with Crippen LogP contribution >= 0.6 is 0 Å². The zero-order valence-electron chi connectivity index (χ0n) is 8.17. The molecule has 0 aliphatic heterocycles. The Morgan fingerprint density at radius 3 is 2.27 bits per heavy atom.